The number of ether oxygens (including phenoxy) is 2. The largest absolute Gasteiger partial charge is 0.493 e. The fourth-order valence-corrected chi connectivity index (χ4v) is 3.49. The SMILES string of the molecule is C=CCOc1c(I)cc(/C=C(\C#N)C(=O)Nc2c(Cl)cccc2Cl)cc1OC. The number of rotatable bonds is 7. The van der Waals surface area contributed by atoms with E-state index in [0.29, 0.717) is 23.7 Å². The molecule has 0 aromatic heterocycles. The van der Waals surface area contributed by atoms with E-state index >= 15 is 0 Å². The van der Waals surface area contributed by atoms with Gasteiger partial charge in [-0.1, -0.05) is 41.9 Å². The lowest BCUT2D eigenvalue weighted by molar-refractivity contribution is -0.112. The van der Waals surface area contributed by atoms with Gasteiger partial charge >= 0.3 is 0 Å². The van der Waals surface area contributed by atoms with Crippen LogP contribution in [0.15, 0.2) is 48.6 Å². The number of anilines is 1. The number of nitriles is 1. The first-order chi connectivity index (χ1) is 13.4. The molecule has 0 radical (unpaired) electrons. The predicted octanol–water partition coefficient (Wildman–Crippen LogP) is 5.72. The van der Waals surface area contributed by atoms with E-state index in [1.165, 1.54) is 13.2 Å². The van der Waals surface area contributed by atoms with Crippen LogP contribution in [-0.4, -0.2) is 19.6 Å². The molecule has 28 heavy (non-hydrogen) atoms. The van der Waals surface area contributed by atoms with Gasteiger partial charge in [0.25, 0.3) is 5.91 Å². The van der Waals surface area contributed by atoms with Crippen molar-refractivity contribution in [3.05, 3.63) is 67.7 Å². The quantitative estimate of drug-likeness (QED) is 0.216. The van der Waals surface area contributed by atoms with Crippen LogP contribution in [0.25, 0.3) is 6.08 Å². The van der Waals surface area contributed by atoms with Gasteiger partial charge in [0.15, 0.2) is 11.5 Å². The maximum absolute atomic E-state index is 12.5. The van der Waals surface area contributed by atoms with E-state index in [0.717, 1.165) is 3.57 Å². The van der Waals surface area contributed by atoms with Crippen molar-refractivity contribution in [2.45, 2.75) is 0 Å². The molecule has 1 amide bonds. The maximum Gasteiger partial charge on any atom is 0.266 e. The molecule has 1 N–H and O–H groups in total. The molecule has 0 fully saturated rings. The summed E-state index contributed by atoms with van der Waals surface area (Å²) in [5, 5.41) is 12.5. The molecule has 144 valence electrons. The Kier molecular flexibility index (Phi) is 8.18. The second kappa shape index (κ2) is 10.4. The first-order valence-corrected chi connectivity index (χ1v) is 9.73. The van der Waals surface area contributed by atoms with Gasteiger partial charge in [-0.25, -0.2) is 0 Å². The summed E-state index contributed by atoms with van der Waals surface area (Å²) in [5.74, 6) is 0.413. The number of hydrogen-bond acceptors (Lipinski definition) is 4. The summed E-state index contributed by atoms with van der Waals surface area (Å²) in [6.45, 7) is 3.94. The van der Waals surface area contributed by atoms with Crippen molar-refractivity contribution in [3.8, 4) is 17.6 Å². The second-order valence-electron chi connectivity index (χ2n) is 5.35. The van der Waals surface area contributed by atoms with Crippen LogP contribution in [0.5, 0.6) is 11.5 Å². The lowest BCUT2D eigenvalue weighted by atomic mass is 10.1. The molecule has 0 saturated heterocycles. The highest BCUT2D eigenvalue weighted by molar-refractivity contribution is 14.1. The zero-order valence-corrected chi connectivity index (χ0v) is 18.4. The molecule has 0 heterocycles. The monoisotopic (exact) mass is 528 g/mol. The van der Waals surface area contributed by atoms with Crippen LogP contribution in [0, 0.1) is 14.9 Å². The number of hydrogen-bond donors (Lipinski definition) is 1. The van der Waals surface area contributed by atoms with Gasteiger partial charge < -0.3 is 14.8 Å². The maximum atomic E-state index is 12.5. The van der Waals surface area contributed by atoms with Crippen LogP contribution in [-0.2, 0) is 4.79 Å². The van der Waals surface area contributed by atoms with Crippen molar-refractivity contribution in [1.29, 1.82) is 5.26 Å². The van der Waals surface area contributed by atoms with E-state index in [2.05, 4.69) is 34.5 Å². The number of halogens is 3. The van der Waals surface area contributed by atoms with Crippen molar-refractivity contribution in [3.63, 3.8) is 0 Å². The van der Waals surface area contributed by atoms with Gasteiger partial charge in [-0.2, -0.15) is 5.26 Å². The summed E-state index contributed by atoms with van der Waals surface area (Å²) in [6.07, 6.45) is 3.07. The molecule has 2 aromatic carbocycles. The minimum absolute atomic E-state index is 0.117. The van der Waals surface area contributed by atoms with Gasteiger partial charge in [0.05, 0.1) is 26.4 Å². The van der Waals surface area contributed by atoms with Crippen molar-refractivity contribution in [2.24, 2.45) is 0 Å². The first kappa shape index (κ1) is 22.1. The normalized spacial score (nSPS) is 10.8. The zero-order valence-electron chi connectivity index (χ0n) is 14.8. The van der Waals surface area contributed by atoms with Crippen molar-refractivity contribution in [1.82, 2.24) is 0 Å². The molecule has 2 aromatic rings. The Morgan fingerprint density at radius 1 is 1.36 bits per heavy atom. The summed E-state index contributed by atoms with van der Waals surface area (Å²) >= 11 is 14.2. The molecule has 0 aliphatic carbocycles. The summed E-state index contributed by atoms with van der Waals surface area (Å²) in [4.78, 5) is 12.5. The Balaban J connectivity index is 2.36. The number of methoxy groups -OCH3 is 1. The van der Waals surface area contributed by atoms with Gasteiger partial charge in [-0.15, -0.1) is 0 Å². The molecule has 0 atom stereocenters. The Morgan fingerprint density at radius 2 is 2.04 bits per heavy atom. The summed E-state index contributed by atoms with van der Waals surface area (Å²) in [6, 6.07) is 10.2. The highest BCUT2D eigenvalue weighted by Gasteiger charge is 2.16. The molecule has 2 rings (SSSR count). The topological polar surface area (TPSA) is 71.3 Å². The smallest absolute Gasteiger partial charge is 0.266 e. The van der Waals surface area contributed by atoms with E-state index in [1.807, 2.05) is 6.07 Å². The van der Waals surface area contributed by atoms with Gasteiger partial charge in [-0.05, 0) is 58.5 Å². The third-order valence-electron chi connectivity index (χ3n) is 3.47. The molecular formula is C20H15Cl2IN2O3. The molecule has 0 bridgehead atoms. The first-order valence-electron chi connectivity index (χ1n) is 7.89. The number of para-hydroxylation sites is 1. The Labute approximate surface area is 186 Å². The average Bonchev–Trinajstić information content (AvgIpc) is 2.67. The number of carbonyl (C=O) groups excluding carboxylic acids is 1. The van der Waals surface area contributed by atoms with Crippen LogP contribution >= 0.6 is 45.8 Å². The van der Waals surface area contributed by atoms with E-state index in [-0.39, 0.29) is 21.3 Å². The fraction of sp³-hybridized carbons (Fsp3) is 0.100. The van der Waals surface area contributed by atoms with Crippen LogP contribution in [0.3, 0.4) is 0 Å². The van der Waals surface area contributed by atoms with E-state index in [1.54, 1.807) is 36.4 Å². The van der Waals surface area contributed by atoms with Crippen LogP contribution in [0.4, 0.5) is 5.69 Å². The third-order valence-corrected chi connectivity index (χ3v) is 4.91. The number of nitrogens with zero attached hydrogens (tertiary/aromatic N) is 1. The third kappa shape index (κ3) is 5.41. The van der Waals surface area contributed by atoms with E-state index < -0.39 is 5.91 Å². The minimum atomic E-state index is -0.626. The number of benzene rings is 2. The summed E-state index contributed by atoms with van der Waals surface area (Å²) in [7, 11) is 1.51. The molecule has 0 unspecified atom stereocenters. The Bertz CT molecular complexity index is 964. The Morgan fingerprint density at radius 3 is 2.61 bits per heavy atom. The number of carbonyl (C=O) groups is 1. The van der Waals surface area contributed by atoms with Crippen LogP contribution in [0.1, 0.15) is 5.56 Å². The van der Waals surface area contributed by atoms with Gasteiger partial charge in [0, 0.05) is 0 Å². The lowest BCUT2D eigenvalue weighted by Crippen LogP contribution is -2.14. The predicted molar refractivity (Wildman–Crippen MR) is 120 cm³/mol. The van der Waals surface area contributed by atoms with Gasteiger partial charge in [0.2, 0.25) is 0 Å². The van der Waals surface area contributed by atoms with Crippen molar-refractivity contribution >= 4 is 63.5 Å². The summed E-state index contributed by atoms with van der Waals surface area (Å²) in [5.41, 5.74) is 0.732. The number of nitrogens with one attached hydrogen (secondary N) is 1. The standard InChI is InChI=1S/C20H15Cl2IN2O3/c1-3-7-28-19-16(23)9-12(10-17(19)27-2)8-13(11-24)20(26)25-18-14(21)5-4-6-15(18)22/h3-6,8-10H,1,7H2,2H3,(H,25,26)/b13-8+. The zero-order chi connectivity index (χ0) is 20.7. The minimum Gasteiger partial charge on any atom is -0.493 e. The van der Waals surface area contributed by atoms with E-state index in [9.17, 15) is 10.1 Å². The lowest BCUT2D eigenvalue weighted by Gasteiger charge is -2.13. The second-order valence-corrected chi connectivity index (χ2v) is 7.33. The van der Waals surface area contributed by atoms with Crippen LogP contribution in [0.2, 0.25) is 10.0 Å². The highest BCUT2D eigenvalue weighted by atomic mass is 127. The average molecular weight is 529 g/mol. The van der Waals surface area contributed by atoms with Gasteiger partial charge in [0.1, 0.15) is 18.2 Å². The number of amides is 1. The molecule has 0 saturated carbocycles. The molecule has 8 heteroatoms. The molecule has 0 aliphatic heterocycles. The van der Waals surface area contributed by atoms with E-state index in [4.69, 9.17) is 32.7 Å². The molecule has 5 nitrogen and oxygen atoms in total. The highest BCUT2D eigenvalue weighted by Crippen LogP contribution is 2.35. The van der Waals surface area contributed by atoms with Crippen molar-refractivity contribution < 1.29 is 14.3 Å². The Hall–Kier alpha value is -2.21. The van der Waals surface area contributed by atoms with Crippen molar-refractivity contribution in [2.75, 3.05) is 19.0 Å². The molecular weight excluding hydrogens is 514 g/mol. The van der Waals surface area contributed by atoms with Crippen LogP contribution < -0.4 is 14.8 Å². The summed E-state index contributed by atoms with van der Waals surface area (Å²) < 4.78 is 11.7. The molecule has 0 aliphatic rings. The fourth-order valence-electron chi connectivity index (χ4n) is 2.22. The van der Waals surface area contributed by atoms with Gasteiger partial charge in [-0.3, -0.25) is 4.79 Å². The molecule has 0 spiro atoms.